The molecule has 114 valence electrons. The smallest absolute Gasteiger partial charge is 0.237 e. The molecule has 0 saturated carbocycles. The van der Waals surface area contributed by atoms with Gasteiger partial charge in [0, 0.05) is 6.54 Å². The molecule has 0 unspecified atom stereocenters. The zero-order chi connectivity index (χ0) is 14.5. The Labute approximate surface area is 119 Å². The van der Waals surface area contributed by atoms with Crippen LogP contribution in [0.5, 0.6) is 0 Å². The van der Waals surface area contributed by atoms with Crippen molar-refractivity contribution in [1.29, 1.82) is 0 Å². The van der Waals surface area contributed by atoms with Crippen LogP contribution in [0.2, 0.25) is 0 Å². The Morgan fingerprint density at radius 1 is 1.00 bits per heavy atom. The molecule has 3 heteroatoms. The average Bonchev–Trinajstić information content (AvgIpc) is 2.43. The van der Waals surface area contributed by atoms with Gasteiger partial charge in [-0.15, -0.1) is 0 Å². The molecule has 3 N–H and O–H groups in total. The highest BCUT2D eigenvalue weighted by atomic mass is 16.2. The minimum absolute atomic E-state index is 0.0114. The second-order valence-corrected chi connectivity index (χ2v) is 5.68. The van der Waals surface area contributed by atoms with Crippen molar-refractivity contribution in [3.63, 3.8) is 0 Å². The summed E-state index contributed by atoms with van der Waals surface area (Å²) in [5, 5.41) is 2.94. The van der Waals surface area contributed by atoms with Crippen LogP contribution in [-0.4, -0.2) is 18.5 Å². The highest BCUT2D eigenvalue weighted by Gasteiger charge is 2.18. The quantitative estimate of drug-likeness (QED) is 0.532. The highest BCUT2D eigenvalue weighted by Crippen LogP contribution is 2.08. The Hall–Kier alpha value is -0.570. The Morgan fingerprint density at radius 3 is 2.05 bits per heavy atom. The standard InChI is InChI=1S/C16H34N2O/c1-4-6-7-8-9-10-11-12-13-18-16(19)15(17)14(3)5-2/h14-15H,4-13,17H2,1-3H3,(H,18,19)/t14-,15-/m0/s1. The molecule has 3 nitrogen and oxygen atoms in total. The van der Waals surface area contributed by atoms with Gasteiger partial charge < -0.3 is 11.1 Å². The van der Waals surface area contributed by atoms with Gasteiger partial charge in [0.25, 0.3) is 0 Å². The summed E-state index contributed by atoms with van der Waals surface area (Å²) in [6.45, 7) is 7.11. The number of hydrogen-bond acceptors (Lipinski definition) is 2. The maximum atomic E-state index is 11.7. The van der Waals surface area contributed by atoms with Crippen LogP contribution in [0.1, 0.15) is 78.6 Å². The summed E-state index contributed by atoms with van der Waals surface area (Å²) in [7, 11) is 0. The van der Waals surface area contributed by atoms with E-state index >= 15 is 0 Å². The summed E-state index contributed by atoms with van der Waals surface area (Å²) >= 11 is 0. The van der Waals surface area contributed by atoms with Gasteiger partial charge in [-0.25, -0.2) is 0 Å². The molecular formula is C16H34N2O. The summed E-state index contributed by atoms with van der Waals surface area (Å²) < 4.78 is 0. The predicted octanol–water partition coefficient (Wildman–Crippen LogP) is 3.62. The molecule has 1 amide bonds. The van der Waals surface area contributed by atoms with Gasteiger partial charge >= 0.3 is 0 Å². The topological polar surface area (TPSA) is 55.1 Å². The van der Waals surface area contributed by atoms with E-state index in [4.69, 9.17) is 5.73 Å². The first-order valence-electron chi connectivity index (χ1n) is 8.16. The second-order valence-electron chi connectivity index (χ2n) is 5.68. The third kappa shape index (κ3) is 9.94. The number of unbranched alkanes of at least 4 members (excludes halogenated alkanes) is 7. The van der Waals surface area contributed by atoms with E-state index in [2.05, 4.69) is 19.2 Å². The van der Waals surface area contributed by atoms with Gasteiger partial charge in [0.15, 0.2) is 0 Å². The van der Waals surface area contributed by atoms with Crippen molar-refractivity contribution >= 4 is 5.91 Å². The first-order valence-corrected chi connectivity index (χ1v) is 8.16. The van der Waals surface area contributed by atoms with Crippen LogP contribution in [0, 0.1) is 5.92 Å². The van der Waals surface area contributed by atoms with Gasteiger partial charge in [-0.3, -0.25) is 4.79 Å². The molecule has 0 bridgehead atoms. The fraction of sp³-hybridized carbons (Fsp3) is 0.938. The molecule has 0 heterocycles. The molecule has 0 aliphatic heterocycles. The van der Waals surface area contributed by atoms with Crippen molar-refractivity contribution in [2.75, 3.05) is 6.54 Å². The largest absolute Gasteiger partial charge is 0.355 e. The number of carbonyl (C=O) groups excluding carboxylic acids is 1. The van der Waals surface area contributed by atoms with Crippen LogP contribution >= 0.6 is 0 Å². The summed E-state index contributed by atoms with van der Waals surface area (Å²) in [5.74, 6) is 0.274. The van der Waals surface area contributed by atoms with E-state index in [-0.39, 0.29) is 17.9 Å². The lowest BCUT2D eigenvalue weighted by Crippen LogP contribution is -2.44. The van der Waals surface area contributed by atoms with Crippen molar-refractivity contribution < 1.29 is 4.79 Å². The van der Waals surface area contributed by atoms with Crippen molar-refractivity contribution in [3.8, 4) is 0 Å². The molecule has 0 saturated heterocycles. The zero-order valence-corrected chi connectivity index (χ0v) is 13.2. The third-order valence-electron chi connectivity index (χ3n) is 3.89. The zero-order valence-electron chi connectivity index (χ0n) is 13.2. The van der Waals surface area contributed by atoms with Gasteiger partial charge in [-0.2, -0.15) is 0 Å². The van der Waals surface area contributed by atoms with Gasteiger partial charge in [0.2, 0.25) is 5.91 Å². The van der Waals surface area contributed by atoms with E-state index in [9.17, 15) is 4.79 Å². The molecular weight excluding hydrogens is 236 g/mol. The molecule has 0 spiro atoms. The van der Waals surface area contributed by atoms with Crippen LogP contribution in [-0.2, 0) is 4.79 Å². The number of carbonyl (C=O) groups is 1. The van der Waals surface area contributed by atoms with E-state index in [1.165, 1.54) is 44.9 Å². The summed E-state index contributed by atoms with van der Waals surface area (Å²) in [6, 6.07) is -0.348. The molecule has 0 aliphatic rings. The molecule has 0 radical (unpaired) electrons. The van der Waals surface area contributed by atoms with Gasteiger partial charge in [-0.05, 0) is 12.3 Å². The lowest BCUT2D eigenvalue weighted by molar-refractivity contribution is -0.123. The van der Waals surface area contributed by atoms with Crippen LogP contribution in [0.25, 0.3) is 0 Å². The molecule has 0 aromatic carbocycles. The van der Waals surface area contributed by atoms with Crippen LogP contribution in [0.4, 0.5) is 0 Å². The number of nitrogens with one attached hydrogen (secondary N) is 1. The number of nitrogens with two attached hydrogens (primary N) is 1. The van der Waals surface area contributed by atoms with E-state index < -0.39 is 0 Å². The second kappa shape index (κ2) is 12.5. The van der Waals surface area contributed by atoms with Crippen molar-refractivity contribution in [2.45, 2.75) is 84.6 Å². The lowest BCUT2D eigenvalue weighted by Gasteiger charge is -2.17. The normalized spacial score (nSPS) is 14.1. The average molecular weight is 270 g/mol. The van der Waals surface area contributed by atoms with Gasteiger partial charge in [-0.1, -0.05) is 72.1 Å². The first kappa shape index (κ1) is 18.4. The van der Waals surface area contributed by atoms with E-state index in [1.54, 1.807) is 0 Å². The molecule has 2 atom stereocenters. The number of rotatable bonds is 12. The summed E-state index contributed by atoms with van der Waals surface area (Å²) in [4.78, 5) is 11.7. The molecule has 0 aromatic heterocycles. The summed E-state index contributed by atoms with van der Waals surface area (Å²) in [5.41, 5.74) is 5.87. The summed E-state index contributed by atoms with van der Waals surface area (Å²) in [6.07, 6.45) is 11.3. The fourth-order valence-corrected chi connectivity index (χ4v) is 2.10. The molecule has 0 fully saturated rings. The fourth-order valence-electron chi connectivity index (χ4n) is 2.10. The minimum atomic E-state index is -0.348. The van der Waals surface area contributed by atoms with Crippen LogP contribution < -0.4 is 11.1 Å². The first-order chi connectivity index (χ1) is 9.13. The molecule has 0 aromatic rings. The van der Waals surface area contributed by atoms with E-state index in [0.717, 1.165) is 19.4 Å². The SMILES string of the molecule is CCCCCCCCCCNC(=O)[C@@H](N)[C@@H](C)CC. The maximum Gasteiger partial charge on any atom is 0.237 e. The van der Waals surface area contributed by atoms with Crippen molar-refractivity contribution in [3.05, 3.63) is 0 Å². The number of hydrogen-bond donors (Lipinski definition) is 2. The Balaban J connectivity index is 3.36. The van der Waals surface area contributed by atoms with E-state index in [1.807, 2.05) is 6.92 Å². The van der Waals surface area contributed by atoms with Gasteiger partial charge in [0.05, 0.1) is 6.04 Å². The van der Waals surface area contributed by atoms with E-state index in [0.29, 0.717) is 0 Å². The Kier molecular flexibility index (Phi) is 12.1. The lowest BCUT2D eigenvalue weighted by atomic mass is 9.99. The predicted molar refractivity (Wildman–Crippen MR) is 83.1 cm³/mol. The van der Waals surface area contributed by atoms with Crippen molar-refractivity contribution in [1.82, 2.24) is 5.32 Å². The number of amides is 1. The highest BCUT2D eigenvalue weighted by molar-refractivity contribution is 5.81. The van der Waals surface area contributed by atoms with Crippen LogP contribution in [0.3, 0.4) is 0 Å². The Morgan fingerprint density at radius 2 is 1.53 bits per heavy atom. The molecule has 0 aliphatic carbocycles. The molecule has 19 heavy (non-hydrogen) atoms. The minimum Gasteiger partial charge on any atom is -0.355 e. The Bertz CT molecular complexity index is 219. The third-order valence-corrected chi connectivity index (χ3v) is 3.89. The monoisotopic (exact) mass is 270 g/mol. The maximum absolute atomic E-state index is 11.7. The van der Waals surface area contributed by atoms with Crippen molar-refractivity contribution in [2.24, 2.45) is 11.7 Å². The molecule has 0 rings (SSSR count). The van der Waals surface area contributed by atoms with Crippen LogP contribution in [0.15, 0.2) is 0 Å². The van der Waals surface area contributed by atoms with Gasteiger partial charge in [0.1, 0.15) is 0 Å².